The predicted molar refractivity (Wildman–Crippen MR) is 124 cm³/mol. The Kier molecular flexibility index (Phi) is 7.72. The van der Waals surface area contributed by atoms with Crippen LogP contribution in [-0.4, -0.2) is 75.8 Å². The van der Waals surface area contributed by atoms with E-state index in [1.54, 1.807) is 25.1 Å². The smallest absolute Gasteiger partial charge is 0.243 e. The largest absolute Gasteiger partial charge is 0.497 e. The standard InChI is InChI=1S/C23H29N3O6S/c1-16(23(28)24-19-13-20(31-3)15-21(14-19)32-4)25-9-11-26(12-10-25)33(29,30)22-7-5-18(6-8-22)17(2)27/h5-8,13-16H,9-12H2,1-4H3,(H,24,28). The molecule has 1 unspecified atom stereocenters. The fourth-order valence-electron chi connectivity index (χ4n) is 3.63. The summed E-state index contributed by atoms with van der Waals surface area (Å²) in [5.41, 5.74) is 1.02. The van der Waals surface area contributed by atoms with Crippen LogP contribution in [0.3, 0.4) is 0 Å². The highest BCUT2D eigenvalue weighted by Gasteiger charge is 2.32. The summed E-state index contributed by atoms with van der Waals surface area (Å²) in [6.45, 7) is 4.59. The summed E-state index contributed by atoms with van der Waals surface area (Å²) in [5, 5.41) is 2.87. The van der Waals surface area contributed by atoms with Crippen LogP contribution in [-0.2, 0) is 14.8 Å². The van der Waals surface area contributed by atoms with Gasteiger partial charge in [-0.15, -0.1) is 0 Å². The topological polar surface area (TPSA) is 105 Å². The highest BCUT2D eigenvalue weighted by Crippen LogP contribution is 2.26. The number of hydrogen-bond acceptors (Lipinski definition) is 7. The lowest BCUT2D eigenvalue weighted by Crippen LogP contribution is -2.53. The molecule has 1 atom stereocenters. The number of carbonyl (C=O) groups is 2. The predicted octanol–water partition coefficient (Wildman–Crippen LogP) is 2.24. The fourth-order valence-corrected chi connectivity index (χ4v) is 5.06. The molecule has 0 spiro atoms. The molecular formula is C23H29N3O6S. The number of Topliss-reactive ketones (excluding diaryl/α,β-unsaturated/α-hetero) is 1. The van der Waals surface area contributed by atoms with Crippen LogP contribution >= 0.6 is 0 Å². The number of carbonyl (C=O) groups excluding carboxylic acids is 2. The lowest BCUT2D eigenvalue weighted by atomic mass is 10.2. The van der Waals surface area contributed by atoms with Crippen molar-refractivity contribution < 1.29 is 27.5 Å². The summed E-state index contributed by atoms with van der Waals surface area (Å²) >= 11 is 0. The molecule has 33 heavy (non-hydrogen) atoms. The molecule has 1 N–H and O–H groups in total. The minimum atomic E-state index is -3.67. The number of benzene rings is 2. The monoisotopic (exact) mass is 475 g/mol. The third-order valence-electron chi connectivity index (χ3n) is 5.72. The van der Waals surface area contributed by atoms with Gasteiger partial charge in [0, 0.05) is 55.6 Å². The Labute approximate surface area is 194 Å². The van der Waals surface area contributed by atoms with E-state index in [1.807, 2.05) is 4.90 Å². The van der Waals surface area contributed by atoms with Gasteiger partial charge in [0.05, 0.1) is 25.2 Å². The van der Waals surface area contributed by atoms with Gasteiger partial charge in [-0.1, -0.05) is 12.1 Å². The average Bonchev–Trinajstić information content (AvgIpc) is 2.83. The Hall–Kier alpha value is -2.95. The first-order valence-electron chi connectivity index (χ1n) is 10.5. The van der Waals surface area contributed by atoms with E-state index < -0.39 is 16.1 Å². The van der Waals surface area contributed by atoms with Gasteiger partial charge in [-0.2, -0.15) is 4.31 Å². The maximum Gasteiger partial charge on any atom is 0.243 e. The van der Waals surface area contributed by atoms with E-state index in [1.165, 1.54) is 49.7 Å². The van der Waals surface area contributed by atoms with E-state index in [9.17, 15) is 18.0 Å². The quantitative estimate of drug-likeness (QED) is 0.584. The second kappa shape index (κ2) is 10.3. The van der Waals surface area contributed by atoms with E-state index in [4.69, 9.17) is 9.47 Å². The van der Waals surface area contributed by atoms with Crippen molar-refractivity contribution in [3.63, 3.8) is 0 Å². The summed E-state index contributed by atoms with van der Waals surface area (Å²) in [6.07, 6.45) is 0. The zero-order valence-corrected chi connectivity index (χ0v) is 20.0. The van der Waals surface area contributed by atoms with Crippen LogP contribution in [0.15, 0.2) is 47.4 Å². The van der Waals surface area contributed by atoms with Crippen LogP contribution in [0.25, 0.3) is 0 Å². The molecule has 1 aliphatic rings. The fraction of sp³-hybridized carbons (Fsp3) is 0.391. The van der Waals surface area contributed by atoms with Gasteiger partial charge >= 0.3 is 0 Å². The molecule has 9 nitrogen and oxygen atoms in total. The lowest BCUT2D eigenvalue weighted by molar-refractivity contribution is -0.121. The summed E-state index contributed by atoms with van der Waals surface area (Å²) in [4.78, 5) is 26.3. The van der Waals surface area contributed by atoms with Gasteiger partial charge in [-0.25, -0.2) is 8.42 Å². The molecule has 0 radical (unpaired) electrons. The lowest BCUT2D eigenvalue weighted by Gasteiger charge is -2.36. The average molecular weight is 476 g/mol. The first-order valence-corrected chi connectivity index (χ1v) is 12.0. The first-order chi connectivity index (χ1) is 15.6. The van der Waals surface area contributed by atoms with Gasteiger partial charge in [0.1, 0.15) is 11.5 Å². The van der Waals surface area contributed by atoms with Crippen LogP contribution in [0.2, 0.25) is 0 Å². The summed E-state index contributed by atoms with van der Waals surface area (Å²) in [7, 11) is -0.599. The molecule has 2 aromatic rings. The van der Waals surface area contributed by atoms with E-state index in [2.05, 4.69) is 5.32 Å². The highest BCUT2D eigenvalue weighted by molar-refractivity contribution is 7.89. The molecule has 0 aromatic heterocycles. The van der Waals surface area contributed by atoms with E-state index in [-0.39, 0.29) is 29.7 Å². The molecule has 1 amide bonds. The number of amides is 1. The molecule has 10 heteroatoms. The van der Waals surface area contributed by atoms with Crippen molar-refractivity contribution in [2.24, 2.45) is 0 Å². The molecule has 0 bridgehead atoms. The molecule has 1 fully saturated rings. The number of nitrogens with one attached hydrogen (secondary N) is 1. The molecule has 178 valence electrons. The molecule has 1 aliphatic heterocycles. The van der Waals surface area contributed by atoms with Crippen LogP contribution in [0, 0.1) is 0 Å². The maximum atomic E-state index is 13.0. The van der Waals surface area contributed by atoms with Gasteiger partial charge < -0.3 is 14.8 Å². The first kappa shape index (κ1) is 24.7. The van der Waals surface area contributed by atoms with Gasteiger partial charge in [0.15, 0.2) is 5.78 Å². The molecule has 3 rings (SSSR count). The number of ketones is 1. The van der Waals surface area contributed by atoms with Gasteiger partial charge in [0.25, 0.3) is 0 Å². The van der Waals surface area contributed by atoms with Crippen molar-refractivity contribution in [1.82, 2.24) is 9.21 Å². The maximum absolute atomic E-state index is 13.0. The minimum Gasteiger partial charge on any atom is -0.497 e. The number of rotatable bonds is 8. The molecular weight excluding hydrogens is 446 g/mol. The Morgan fingerprint density at radius 1 is 0.939 bits per heavy atom. The normalized spacial score (nSPS) is 16.1. The molecule has 0 aliphatic carbocycles. The Bertz CT molecular complexity index is 1090. The minimum absolute atomic E-state index is 0.118. The molecule has 2 aromatic carbocycles. The van der Waals surface area contributed by atoms with Crippen molar-refractivity contribution in [3.05, 3.63) is 48.0 Å². The number of methoxy groups -OCH3 is 2. The van der Waals surface area contributed by atoms with Crippen LogP contribution in [0.5, 0.6) is 11.5 Å². The van der Waals surface area contributed by atoms with Crippen molar-refractivity contribution in [2.75, 3.05) is 45.7 Å². The number of piperazine rings is 1. The number of ether oxygens (including phenoxy) is 2. The van der Waals surface area contributed by atoms with Gasteiger partial charge in [0.2, 0.25) is 15.9 Å². The number of sulfonamides is 1. The third-order valence-corrected chi connectivity index (χ3v) is 7.63. The molecule has 0 saturated carbocycles. The SMILES string of the molecule is COc1cc(NC(=O)C(C)N2CCN(S(=O)(=O)c3ccc(C(C)=O)cc3)CC2)cc(OC)c1. The Balaban J connectivity index is 1.62. The van der Waals surface area contributed by atoms with E-state index >= 15 is 0 Å². The van der Waals surface area contributed by atoms with Gasteiger partial charge in [-0.3, -0.25) is 14.5 Å². The summed E-state index contributed by atoms with van der Waals surface area (Å²) in [6, 6.07) is 10.6. The molecule has 1 saturated heterocycles. The number of hydrogen-bond donors (Lipinski definition) is 1. The highest BCUT2D eigenvalue weighted by atomic mass is 32.2. The van der Waals surface area contributed by atoms with Gasteiger partial charge in [-0.05, 0) is 26.0 Å². The van der Waals surface area contributed by atoms with Crippen molar-refractivity contribution in [3.8, 4) is 11.5 Å². The summed E-state index contributed by atoms with van der Waals surface area (Å²) in [5.74, 6) is 0.800. The number of anilines is 1. The van der Waals surface area contributed by atoms with Crippen molar-refractivity contribution in [2.45, 2.75) is 24.8 Å². The van der Waals surface area contributed by atoms with Crippen LogP contribution < -0.4 is 14.8 Å². The zero-order chi connectivity index (χ0) is 24.2. The molecule has 1 heterocycles. The van der Waals surface area contributed by atoms with Crippen molar-refractivity contribution >= 4 is 27.4 Å². The Morgan fingerprint density at radius 2 is 1.48 bits per heavy atom. The zero-order valence-electron chi connectivity index (χ0n) is 19.2. The van der Waals surface area contributed by atoms with Crippen LogP contribution in [0.4, 0.5) is 5.69 Å². The second-order valence-corrected chi connectivity index (χ2v) is 9.73. The second-order valence-electron chi connectivity index (χ2n) is 7.79. The van der Waals surface area contributed by atoms with Crippen molar-refractivity contribution in [1.29, 1.82) is 0 Å². The van der Waals surface area contributed by atoms with Crippen LogP contribution in [0.1, 0.15) is 24.2 Å². The summed E-state index contributed by atoms with van der Waals surface area (Å²) < 4.78 is 37.8. The van der Waals surface area contributed by atoms with E-state index in [0.717, 1.165) is 0 Å². The van der Waals surface area contributed by atoms with E-state index in [0.29, 0.717) is 35.8 Å². The number of nitrogens with zero attached hydrogens (tertiary/aromatic N) is 2. The Morgan fingerprint density at radius 3 is 1.97 bits per heavy atom. The third kappa shape index (κ3) is 5.70.